The fourth-order valence-corrected chi connectivity index (χ4v) is 4.59. The number of amides is 1. The topological polar surface area (TPSA) is 81.7 Å². The van der Waals surface area contributed by atoms with Crippen molar-refractivity contribution < 1.29 is 4.79 Å². The predicted molar refractivity (Wildman–Crippen MR) is 116 cm³/mol. The van der Waals surface area contributed by atoms with Gasteiger partial charge in [-0.3, -0.25) is 4.79 Å². The summed E-state index contributed by atoms with van der Waals surface area (Å²) in [5.74, 6) is 3.10. The Morgan fingerprint density at radius 3 is 2.74 bits per heavy atom. The molecule has 0 bridgehead atoms. The molecule has 2 aliphatic rings. The van der Waals surface area contributed by atoms with Crippen LogP contribution in [0.5, 0.6) is 0 Å². The second kappa shape index (κ2) is 6.47. The molecule has 3 aromatic heterocycles. The number of aromatic nitrogens is 6. The highest BCUT2D eigenvalue weighted by atomic mass is 16.2. The first kappa shape index (κ1) is 18.2. The first-order valence-electron chi connectivity index (χ1n) is 10.6. The van der Waals surface area contributed by atoms with Gasteiger partial charge in [0.2, 0.25) is 5.91 Å². The number of pyridine rings is 1. The Hall–Kier alpha value is -3.55. The minimum Gasteiger partial charge on any atom is -0.338 e. The summed E-state index contributed by atoms with van der Waals surface area (Å²) in [4.78, 5) is 28.4. The normalized spacial score (nSPS) is 18.6. The molecule has 8 heteroatoms. The number of likely N-dealkylation sites (N-methyl/N-ethyl adjacent to an activating group) is 1. The fraction of sp³-hybridized carbons (Fsp3) is 0.348. The number of carbonyl (C=O) groups excluding carboxylic acids is 1. The molecule has 0 radical (unpaired) electrons. The van der Waals surface area contributed by atoms with E-state index in [0.717, 1.165) is 52.2 Å². The molecule has 1 amide bonds. The number of hydrogen-bond donors (Lipinski definition) is 0. The third-order valence-electron chi connectivity index (χ3n) is 6.33. The van der Waals surface area contributed by atoms with E-state index in [0.29, 0.717) is 18.3 Å². The van der Waals surface area contributed by atoms with E-state index in [1.807, 2.05) is 33.2 Å². The van der Waals surface area contributed by atoms with Crippen LogP contribution in [0, 0.1) is 6.92 Å². The summed E-state index contributed by atoms with van der Waals surface area (Å²) < 4.78 is 3.88. The third kappa shape index (κ3) is 2.78. The molecule has 31 heavy (non-hydrogen) atoms. The zero-order valence-corrected chi connectivity index (χ0v) is 17.8. The van der Waals surface area contributed by atoms with Crippen LogP contribution in [0.4, 0.5) is 0 Å². The molecule has 1 fully saturated rings. The summed E-state index contributed by atoms with van der Waals surface area (Å²) in [6, 6.07) is 8.04. The first-order chi connectivity index (χ1) is 15.0. The van der Waals surface area contributed by atoms with Crippen molar-refractivity contribution in [3.8, 4) is 17.1 Å². The maximum atomic E-state index is 12.7. The maximum absolute atomic E-state index is 12.7. The quantitative estimate of drug-likeness (QED) is 0.514. The average molecular weight is 413 g/mol. The summed E-state index contributed by atoms with van der Waals surface area (Å²) in [7, 11) is 1.87. The number of benzene rings is 1. The van der Waals surface area contributed by atoms with Crippen LogP contribution in [0.3, 0.4) is 0 Å². The molecule has 1 aliphatic carbocycles. The Kier molecular flexibility index (Phi) is 3.81. The van der Waals surface area contributed by atoms with Gasteiger partial charge in [0, 0.05) is 30.1 Å². The van der Waals surface area contributed by atoms with Crippen LogP contribution in [0.1, 0.15) is 49.1 Å². The Labute approximate surface area is 179 Å². The maximum Gasteiger partial charge on any atom is 0.245 e. The number of imidazole rings is 1. The van der Waals surface area contributed by atoms with E-state index in [4.69, 9.17) is 4.98 Å². The highest BCUT2D eigenvalue weighted by molar-refractivity contribution is 5.97. The first-order valence-corrected chi connectivity index (χ1v) is 10.6. The van der Waals surface area contributed by atoms with Gasteiger partial charge < -0.3 is 9.47 Å². The molecule has 4 aromatic rings. The van der Waals surface area contributed by atoms with Gasteiger partial charge in [-0.15, -0.1) is 0 Å². The van der Waals surface area contributed by atoms with Gasteiger partial charge >= 0.3 is 0 Å². The van der Waals surface area contributed by atoms with Crippen LogP contribution >= 0.6 is 0 Å². The smallest absolute Gasteiger partial charge is 0.245 e. The molecule has 0 N–H and O–H groups in total. The lowest BCUT2D eigenvalue weighted by Gasteiger charge is -2.31. The van der Waals surface area contributed by atoms with E-state index in [2.05, 4.69) is 37.8 Å². The van der Waals surface area contributed by atoms with Gasteiger partial charge in [-0.2, -0.15) is 5.10 Å². The van der Waals surface area contributed by atoms with Crippen LogP contribution < -0.4 is 0 Å². The van der Waals surface area contributed by atoms with Crippen molar-refractivity contribution in [3.05, 3.63) is 54.1 Å². The standard InChI is InChI=1S/C23H23N7O/c1-13-23(31)28(3)11-19-21(26-22(30(13)19)15-7-8-15)17-6-4-5-16-9-20(24-10-18(16)17)29-12-25-14(2)27-29/h4-6,9-10,12-13,15H,7-8,11H2,1-3H3. The van der Waals surface area contributed by atoms with E-state index in [1.165, 1.54) is 0 Å². The highest BCUT2D eigenvalue weighted by Gasteiger charge is 2.38. The summed E-state index contributed by atoms with van der Waals surface area (Å²) in [5.41, 5.74) is 3.13. The largest absolute Gasteiger partial charge is 0.338 e. The minimum atomic E-state index is -0.221. The van der Waals surface area contributed by atoms with Crippen molar-refractivity contribution in [3.63, 3.8) is 0 Å². The van der Waals surface area contributed by atoms with Crippen LogP contribution in [0.15, 0.2) is 36.8 Å². The summed E-state index contributed by atoms with van der Waals surface area (Å²) in [6.45, 7) is 4.41. The van der Waals surface area contributed by atoms with E-state index >= 15 is 0 Å². The van der Waals surface area contributed by atoms with Crippen molar-refractivity contribution in [1.82, 2.24) is 34.2 Å². The number of rotatable bonds is 3. The van der Waals surface area contributed by atoms with Crippen LogP contribution in [0.25, 0.3) is 27.8 Å². The Balaban J connectivity index is 1.53. The molecule has 1 unspecified atom stereocenters. The third-order valence-corrected chi connectivity index (χ3v) is 6.33. The van der Waals surface area contributed by atoms with E-state index in [9.17, 15) is 4.79 Å². The lowest BCUT2D eigenvalue weighted by Crippen LogP contribution is -2.39. The van der Waals surface area contributed by atoms with Crippen molar-refractivity contribution in [1.29, 1.82) is 0 Å². The summed E-state index contributed by atoms with van der Waals surface area (Å²) in [6.07, 6.45) is 5.85. The molecule has 0 spiro atoms. The zero-order chi connectivity index (χ0) is 21.3. The minimum absolute atomic E-state index is 0.144. The monoisotopic (exact) mass is 413 g/mol. The van der Waals surface area contributed by atoms with Crippen molar-refractivity contribution in [2.45, 2.75) is 45.2 Å². The number of aryl methyl sites for hydroxylation is 1. The Morgan fingerprint density at radius 1 is 1.16 bits per heavy atom. The number of fused-ring (bicyclic) bond motifs is 2. The Bertz CT molecular complexity index is 1350. The van der Waals surface area contributed by atoms with Gasteiger partial charge in [0.05, 0.1) is 17.9 Å². The molecular formula is C23H23N7O. The fourth-order valence-electron chi connectivity index (χ4n) is 4.59. The SMILES string of the molecule is Cc1ncn(-c2cc3cccc(-c4nc(C5CC5)n5c4CN(C)C(=O)C5C)c3cn2)n1. The van der Waals surface area contributed by atoms with Crippen molar-refractivity contribution >= 4 is 16.7 Å². The van der Waals surface area contributed by atoms with Crippen LogP contribution in [-0.4, -0.2) is 47.2 Å². The predicted octanol–water partition coefficient (Wildman–Crippen LogP) is 3.40. The summed E-state index contributed by atoms with van der Waals surface area (Å²) >= 11 is 0. The number of nitrogens with zero attached hydrogens (tertiary/aromatic N) is 7. The van der Waals surface area contributed by atoms with E-state index in [-0.39, 0.29) is 11.9 Å². The lowest BCUT2D eigenvalue weighted by molar-refractivity contribution is -0.135. The summed E-state index contributed by atoms with van der Waals surface area (Å²) in [5, 5.41) is 6.48. The van der Waals surface area contributed by atoms with Gasteiger partial charge in [-0.1, -0.05) is 18.2 Å². The van der Waals surface area contributed by atoms with Gasteiger partial charge in [0.15, 0.2) is 5.82 Å². The van der Waals surface area contributed by atoms with Gasteiger partial charge in [-0.25, -0.2) is 19.6 Å². The van der Waals surface area contributed by atoms with Crippen LogP contribution in [0.2, 0.25) is 0 Å². The molecule has 1 atom stereocenters. The van der Waals surface area contributed by atoms with Gasteiger partial charge in [-0.05, 0) is 38.1 Å². The molecular weight excluding hydrogens is 390 g/mol. The van der Waals surface area contributed by atoms with Crippen LogP contribution in [-0.2, 0) is 11.3 Å². The molecule has 1 aromatic carbocycles. The van der Waals surface area contributed by atoms with Gasteiger partial charge in [0.1, 0.15) is 24.0 Å². The molecule has 0 saturated heterocycles. The van der Waals surface area contributed by atoms with Crippen molar-refractivity contribution in [2.24, 2.45) is 0 Å². The molecule has 1 aliphatic heterocycles. The second-order valence-corrected chi connectivity index (χ2v) is 8.59. The second-order valence-electron chi connectivity index (χ2n) is 8.59. The molecule has 1 saturated carbocycles. The molecule has 6 rings (SSSR count). The molecule has 4 heterocycles. The molecule has 8 nitrogen and oxygen atoms in total. The van der Waals surface area contributed by atoms with E-state index in [1.54, 1.807) is 15.9 Å². The average Bonchev–Trinajstić information content (AvgIpc) is 3.42. The lowest BCUT2D eigenvalue weighted by atomic mass is 10.0. The van der Waals surface area contributed by atoms with Crippen molar-refractivity contribution in [2.75, 3.05) is 7.05 Å². The molecule has 156 valence electrons. The number of carbonyl (C=O) groups is 1. The highest BCUT2D eigenvalue weighted by Crippen LogP contribution is 2.44. The van der Waals surface area contributed by atoms with E-state index < -0.39 is 0 Å². The zero-order valence-electron chi connectivity index (χ0n) is 17.8. The number of hydrogen-bond acceptors (Lipinski definition) is 5. The van der Waals surface area contributed by atoms with Gasteiger partial charge in [0.25, 0.3) is 0 Å². The Morgan fingerprint density at radius 2 is 2.00 bits per heavy atom.